The quantitative estimate of drug-likeness (QED) is 0.676. The zero-order valence-corrected chi connectivity index (χ0v) is 16.2. The number of ether oxygens (including phenoxy) is 1. The molecular weight excluding hydrogens is 356 g/mol. The van der Waals surface area contributed by atoms with Gasteiger partial charge in [-0.15, -0.1) is 0 Å². The van der Waals surface area contributed by atoms with Crippen molar-refractivity contribution in [3.05, 3.63) is 54.4 Å². The molecule has 4 heterocycles. The van der Waals surface area contributed by atoms with Crippen LogP contribution in [0, 0.1) is 6.92 Å². The molecule has 0 bridgehead atoms. The van der Waals surface area contributed by atoms with Crippen molar-refractivity contribution < 1.29 is 9.53 Å². The van der Waals surface area contributed by atoms with E-state index in [1.807, 2.05) is 60.3 Å². The number of carbonyl (C=O) groups is 1. The number of aromatic nitrogens is 5. The van der Waals surface area contributed by atoms with Gasteiger partial charge in [0.2, 0.25) is 5.91 Å². The van der Waals surface area contributed by atoms with Gasteiger partial charge in [0, 0.05) is 62.0 Å². The average Bonchev–Trinajstić information content (AvgIpc) is 3.34. The third-order valence-electron chi connectivity index (χ3n) is 5.04. The highest BCUT2D eigenvalue weighted by atomic mass is 16.5. The van der Waals surface area contributed by atoms with Crippen LogP contribution >= 0.6 is 0 Å². The fourth-order valence-corrected chi connectivity index (χ4v) is 3.38. The molecule has 28 heavy (non-hydrogen) atoms. The van der Waals surface area contributed by atoms with E-state index >= 15 is 0 Å². The molecule has 4 rings (SSSR count). The molecule has 1 aliphatic heterocycles. The second-order valence-electron chi connectivity index (χ2n) is 7.02. The molecular formula is C20H24N6O2. The summed E-state index contributed by atoms with van der Waals surface area (Å²) in [4.78, 5) is 19.1. The summed E-state index contributed by atoms with van der Waals surface area (Å²) in [6.07, 6.45) is 7.59. The predicted octanol–water partition coefficient (Wildman–Crippen LogP) is 1.98. The molecule has 8 nitrogen and oxygen atoms in total. The smallest absolute Gasteiger partial charge is 0.224 e. The fraction of sp³-hybridized carbons (Fsp3) is 0.400. The van der Waals surface area contributed by atoms with Gasteiger partial charge in [-0.2, -0.15) is 10.2 Å². The van der Waals surface area contributed by atoms with Gasteiger partial charge in [-0.05, 0) is 19.1 Å². The molecule has 1 fully saturated rings. The number of amides is 1. The van der Waals surface area contributed by atoms with Crippen molar-refractivity contribution in [3.63, 3.8) is 0 Å². The summed E-state index contributed by atoms with van der Waals surface area (Å²) in [5, 5.41) is 8.43. The van der Waals surface area contributed by atoms with Crippen LogP contribution in [0.3, 0.4) is 0 Å². The number of nitrogens with zero attached hydrogens (tertiary/aromatic N) is 6. The number of carbonyl (C=O) groups excluding carboxylic acids is 1. The van der Waals surface area contributed by atoms with E-state index in [2.05, 4.69) is 15.2 Å². The van der Waals surface area contributed by atoms with Crippen molar-refractivity contribution in [1.29, 1.82) is 0 Å². The van der Waals surface area contributed by atoms with Crippen LogP contribution in [-0.4, -0.2) is 55.0 Å². The van der Waals surface area contributed by atoms with Gasteiger partial charge in [-0.1, -0.05) is 6.07 Å². The van der Waals surface area contributed by atoms with Crippen LogP contribution in [0.5, 0.6) is 0 Å². The van der Waals surface area contributed by atoms with E-state index in [9.17, 15) is 4.79 Å². The Balaban J connectivity index is 1.37. The first-order chi connectivity index (χ1) is 13.6. The van der Waals surface area contributed by atoms with Gasteiger partial charge in [-0.25, -0.2) is 0 Å². The van der Waals surface area contributed by atoms with Gasteiger partial charge >= 0.3 is 0 Å². The third-order valence-corrected chi connectivity index (χ3v) is 5.04. The zero-order chi connectivity index (χ0) is 19.5. The summed E-state index contributed by atoms with van der Waals surface area (Å²) in [5.41, 5.74) is 3.94. The topological polar surface area (TPSA) is 78.1 Å². The van der Waals surface area contributed by atoms with Crippen molar-refractivity contribution in [3.8, 4) is 11.1 Å². The van der Waals surface area contributed by atoms with Crippen molar-refractivity contribution in [2.45, 2.75) is 26.0 Å². The van der Waals surface area contributed by atoms with Crippen LogP contribution < -0.4 is 0 Å². The second kappa shape index (κ2) is 7.93. The van der Waals surface area contributed by atoms with E-state index < -0.39 is 0 Å². The number of hydrogen-bond donors (Lipinski definition) is 0. The molecule has 3 aromatic rings. The SMILES string of the molecule is Cc1ccnn1CCC(=O)N1CCO[C@H](c2ccc(-c3cnn(C)c3)cn2)C1. The minimum absolute atomic E-state index is 0.121. The Morgan fingerprint density at radius 1 is 1.21 bits per heavy atom. The Morgan fingerprint density at radius 3 is 2.79 bits per heavy atom. The summed E-state index contributed by atoms with van der Waals surface area (Å²) in [6.45, 7) is 4.24. The maximum atomic E-state index is 12.6. The molecule has 0 unspecified atom stereocenters. The van der Waals surface area contributed by atoms with E-state index in [0.29, 0.717) is 32.7 Å². The first-order valence-electron chi connectivity index (χ1n) is 9.43. The van der Waals surface area contributed by atoms with E-state index in [-0.39, 0.29) is 12.0 Å². The van der Waals surface area contributed by atoms with Crippen LogP contribution in [0.25, 0.3) is 11.1 Å². The lowest BCUT2D eigenvalue weighted by Gasteiger charge is -2.32. The van der Waals surface area contributed by atoms with Crippen LogP contribution in [0.4, 0.5) is 0 Å². The lowest BCUT2D eigenvalue weighted by molar-refractivity contribution is -0.139. The van der Waals surface area contributed by atoms with E-state index in [1.54, 1.807) is 10.9 Å². The Kier molecular flexibility index (Phi) is 5.21. The molecule has 3 aromatic heterocycles. The lowest BCUT2D eigenvalue weighted by atomic mass is 10.1. The Morgan fingerprint density at radius 2 is 2.11 bits per heavy atom. The summed E-state index contributed by atoms with van der Waals surface area (Å²) >= 11 is 0. The standard InChI is InChI=1S/C20H24N6O2/c1-15-5-7-22-26(15)8-6-20(27)25-9-10-28-19(14-25)18-4-3-16(11-21-18)17-12-23-24(2)13-17/h3-5,7,11-13,19H,6,8-10,14H2,1-2H3/t19-/m0/s1. The van der Waals surface area contributed by atoms with Crippen LogP contribution in [-0.2, 0) is 23.1 Å². The van der Waals surface area contributed by atoms with Gasteiger partial charge in [0.25, 0.3) is 0 Å². The normalized spacial score (nSPS) is 17.1. The molecule has 0 aliphatic carbocycles. The Hall–Kier alpha value is -3.00. The second-order valence-corrected chi connectivity index (χ2v) is 7.02. The van der Waals surface area contributed by atoms with Gasteiger partial charge in [-0.3, -0.25) is 19.1 Å². The summed E-state index contributed by atoms with van der Waals surface area (Å²) in [5.74, 6) is 0.121. The zero-order valence-electron chi connectivity index (χ0n) is 16.2. The molecule has 0 N–H and O–H groups in total. The minimum atomic E-state index is -0.202. The summed E-state index contributed by atoms with van der Waals surface area (Å²) < 4.78 is 9.49. The minimum Gasteiger partial charge on any atom is -0.368 e. The Labute approximate surface area is 163 Å². The van der Waals surface area contributed by atoms with Gasteiger partial charge in [0.1, 0.15) is 6.10 Å². The molecule has 1 atom stereocenters. The first kappa shape index (κ1) is 18.4. The van der Waals surface area contributed by atoms with Gasteiger partial charge in [0.15, 0.2) is 0 Å². The average molecular weight is 380 g/mol. The largest absolute Gasteiger partial charge is 0.368 e. The maximum absolute atomic E-state index is 12.6. The number of hydrogen-bond acceptors (Lipinski definition) is 5. The van der Waals surface area contributed by atoms with E-state index in [1.165, 1.54) is 0 Å². The maximum Gasteiger partial charge on any atom is 0.224 e. The van der Waals surface area contributed by atoms with Crippen LogP contribution in [0.1, 0.15) is 23.9 Å². The van der Waals surface area contributed by atoms with Crippen molar-refractivity contribution in [1.82, 2.24) is 29.4 Å². The molecule has 0 aromatic carbocycles. The van der Waals surface area contributed by atoms with E-state index in [4.69, 9.17) is 4.74 Å². The number of pyridine rings is 1. The lowest BCUT2D eigenvalue weighted by Crippen LogP contribution is -2.42. The van der Waals surface area contributed by atoms with Gasteiger partial charge in [0.05, 0.1) is 25.0 Å². The third kappa shape index (κ3) is 3.96. The molecule has 1 saturated heterocycles. The molecule has 1 aliphatic rings. The van der Waals surface area contributed by atoms with Crippen molar-refractivity contribution in [2.24, 2.45) is 7.05 Å². The fourth-order valence-electron chi connectivity index (χ4n) is 3.38. The highest BCUT2D eigenvalue weighted by molar-refractivity contribution is 5.76. The summed E-state index contributed by atoms with van der Waals surface area (Å²) in [7, 11) is 1.89. The molecule has 0 saturated carbocycles. The molecule has 1 amide bonds. The van der Waals surface area contributed by atoms with Gasteiger partial charge < -0.3 is 9.64 Å². The predicted molar refractivity (Wildman–Crippen MR) is 103 cm³/mol. The molecule has 8 heteroatoms. The van der Waals surface area contributed by atoms with E-state index in [0.717, 1.165) is 22.5 Å². The highest BCUT2D eigenvalue weighted by Gasteiger charge is 2.26. The number of aryl methyl sites for hydroxylation is 3. The monoisotopic (exact) mass is 380 g/mol. The Bertz CT molecular complexity index is 946. The number of morpholine rings is 1. The van der Waals surface area contributed by atoms with Crippen LogP contribution in [0.15, 0.2) is 43.0 Å². The molecule has 146 valence electrons. The number of rotatable bonds is 5. The molecule has 0 spiro atoms. The highest BCUT2D eigenvalue weighted by Crippen LogP contribution is 2.24. The van der Waals surface area contributed by atoms with Crippen LogP contribution in [0.2, 0.25) is 0 Å². The van der Waals surface area contributed by atoms with Crippen molar-refractivity contribution in [2.75, 3.05) is 19.7 Å². The molecule has 0 radical (unpaired) electrons. The summed E-state index contributed by atoms with van der Waals surface area (Å²) in [6, 6.07) is 5.92. The first-order valence-corrected chi connectivity index (χ1v) is 9.43. The van der Waals surface area contributed by atoms with Crippen molar-refractivity contribution >= 4 is 5.91 Å².